The molecule has 0 unspecified atom stereocenters. The number of para-hydroxylation sites is 1. The lowest BCUT2D eigenvalue weighted by Crippen LogP contribution is -2.36. The third kappa shape index (κ3) is 2.85. The largest absolute Gasteiger partial charge is 0.463 e. The molecule has 0 saturated heterocycles. The lowest BCUT2D eigenvalue weighted by Gasteiger charge is -2.21. The van der Waals surface area contributed by atoms with E-state index < -0.39 is 17.8 Å². The van der Waals surface area contributed by atoms with Crippen LogP contribution in [0.1, 0.15) is 28.7 Å². The van der Waals surface area contributed by atoms with E-state index in [4.69, 9.17) is 4.42 Å². The zero-order chi connectivity index (χ0) is 21.0. The molecule has 0 radical (unpaired) electrons. The molecule has 1 aromatic carbocycles. The second kappa shape index (κ2) is 6.45. The Morgan fingerprint density at radius 3 is 2.70 bits per heavy atom. The van der Waals surface area contributed by atoms with Gasteiger partial charge in [0, 0.05) is 17.8 Å². The Morgan fingerprint density at radius 2 is 1.97 bits per heavy atom. The monoisotopic (exact) mass is 412 g/mol. The van der Waals surface area contributed by atoms with Gasteiger partial charge in [-0.15, -0.1) is 0 Å². The summed E-state index contributed by atoms with van der Waals surface area (Å²) in [6.45, 7) is 1.89. The Morgan fingerprint density at radius 1 is 1.17 bits per heavy atom. The molecule has 5 rings (SSSR count). The van der Waals surface area contributed by atoms with Crippen LogP contribution in [0.25, 0.3) is 17.1 Å². The van der Waals surface area contributed by atoms with Crippen molar-refractivity contribution in [3.63, 3.8) is 0 Å². The maximum atomic E-state index is 13.7. The van der Waals surface area contributed by atoms with E-state index in [0.717, 1.165) is 17.3 Å². The van der Waals surface area contributed by atoms with Crippen molar-refractivity contribution in [3.8, 4) is 11.5 Å². The first-order valence-electron chi connectivity index (χ1n) is 9.26. The Bertz CT molecular complexity index is 1260. The second-order valence-electron chi connectivity index (χ2n) is 7.16. The summed E-state index contributed by atoms with van der Waals surface area (Å²) >= 11 is 0. The molecule has 30 heavy (non-hydrogen) atoms. The third-order valence-electron chi connectivity index (χ3n) is 5.14. The summed E-state index contributed by atoms with van der Waals surface area (Å²) in [6.07, 6.45) is -2.67. The molecular weight excluding hydrogens is 397 g/mol. The molecule has 0 aliphatic carbocycles. The van der Waals surface area contributed by atoms with Crippen LogP contribution in [0.4, 0.5) is 18.9 Å². The highest BCUT2D eigenvalue weighted by atomic mass is 19.4. The maximum absolute atomic E-state index is 13.7. The number of amides is 1. The summed E-state index contributed by atoms with van der Waals surface area (Å²) in [5.41, 5.74) is 0.544. The van der Waals surface area contributed by atoms with Crippen LogP contribution in [0.3, 0.4) is 0 Å². The Kier molecular flexibility index (Phi) is 3.96. The van der Waals surface area contributed by atoms with Crippen LogP contribution in [0.2, 0.25) is 0 Å². The first kappa shape index (κ1) is 18.4. The highest BCUT2D eigenvalue weighted by Gasteiger charge is 2.37. The number of hydrogen-bond acceptors (Lipinski definition) is 4. The van der Waals surface area contributed by atoms with Gasteiger partial charge < -0.3 is 9.32 Å². The van der Waals surface area contributed by atoms with E-state index in [9.17, 15) is 18.0 Å². The summed E-state index contributed by atoms with van der Waals surface area (Å²) in [6, 6.07) is 12.5. The smallest absolute Gasteiger partial charge is 0.433 e. The molecule has 1 aliphatic rings. The van der Waals surface area contributed by atoms with Crippen LogP contribution in [0.5, 0.6) is 0 Å². The Labute approximate surface area is 168 Å². The molecule has 1 atom stereocenters. The molecule has 152 valence electrons. The average Bonchev–Trinajstić information content (AvgIpc) is 3.43. The number of furan rings is 1. The minimum absolute atomic E-state index is 0.0126. The number of fused-ring (bicyclic) bond motifs is 2. The van der Waals surface area contributed by atoms with E-state index in [1.165, 1.54) is 18.4 Å². The molecule has 0 saturated carbocycles. The van der Waals surface area contributed by atoms with Gasteiger partial charge >= 0.3 is 6.18 Å². The zero-order valence-electron chi connectivity index (χ0n) is 15.7. The van der Waals surface area contributed by atoms with Crippen LogP contribution >= 0.6 is 0 Å². The molecule has 1 amide bonds. The number of alkyl halides is 3. The predicted molar refractivity (Wildman–Crippen MR) is 102 cm³/mol. The Balaban J connectivity index is 1.64. The zero-order valence-corrected chi connectivity index (χ0v) is 15.7. The standard InChI is InChI=1S/C21H15F3N4O2/c1-12-9-13-5-2-3-6-16(13)27(12)20(29)15-11-19-25-14(17-7-4-8-30-17)10-18(21(22,23)24)28(19)26-15/h2-8,10-12H,9H2,1H3/t12-/m0/s1. The van der Waals surface area contributed by atoms with Crippen LogP contribution < -0.4 is 4.90 Å². The summed E-state index contributed by atoms with van der Waals surface area (Å²) in [5.74, 6) is -0.273. The van der Waals surface area contributed by atoms with E-state index in [-0.39, 0.29) is 28.8 Å². The topological polar surface area (TPSA) is 63.6 Å². The van der Waals surface area contributed by atoms with Gasteiger partial charge in [0.2, 0.25) is 0 Å². The summed E-state index contributed by atoms with van der Waals surface area (Å²) in [7, 11) is 0. The first-order valence-corrected chi connectivity index (χ1v) is 9.26. The number of rotatable bonds is 2. The quantitative estimate of drug-likeness (QED) is 0.483. The molecule has 9 heteroatoms. The number of nitrogens with zero attached hydrogens (tertiary/aromatic N) is 4. The Hall–Kier alpha value is -3.62. The van der Waals surface area contributed by atoms with Gasteiger partial charge in [-0.2, -0.15) is 18.3 Å². The summed E-state index contributed by atoms with van der Waals surface area (Å²) in [4.78, 5) is 19.0. The number of benzene rings is 1. The van der Waals surface area contributed by atoms with E-state index in [1.807, 2.05) is 31.2 Å². The summed E-state index contributed by atoms with van der Waals surface area (Å²) in [5, 5.41) is 3.97. The minimum Gasteiger partial charge on any atom is -0.463 e. The summed E-state index contributed by atoms with van der Waals surface area (Å²) < 4.78 is 46.9. The van der Waals surface area contributed by atoms with Crippen molar-refractivity contribution in [1.29, 1.82) is 0 Å². The van der Waals surface area contributed by atoms with Crippen LogP contribution in [-0.2, 0) is 12.6 Å². The van der Waals surface area contributed by atoms with Crippen molar-refractivity contribution in [2.45, 2.75) is 25.6 Å². The molecule has 1 aliphatic heterocycles. The van der Waals surface area contributed by atoms with Crippen molar-refractivity contribution in [2.24, 2.45) is 0 Å². The first-order chi connectivity index (χ1) is 14.3. The molecule has 6 nitrogen and oxygen atoms in total. The van der Waals surface area contributed by atoms with Gasteiger partial charge in [-0.25, -0.2) is 9.50 Å². The van der Waals surface area contributed by atoms with Crippen molar-refractivity contribution in [1.82, 2.24) is 14.6 Å². The van der Waals surface area contributed by atoms with E-state index in [2.05, 4.69) is 10.1 Å². The normalized spacial score (nSPS) is 16.3. The van der Waals surface area contributed by atoms with Gasteiger partial charge in [-0.05, 0) is 43.2 Å². The van der Waals surface area contributed by atoms with Gasteiger partial charge in [0.05, 0.1) is 6.26 Å². The van der Waals surface area contributed by atoms with Crippen molar-refractivity contribution in [2.75, 3.05) is 4.90 Å². The van der Waals surface area contributed by atoms with Crippen molar-refractivity contribution in [3.05, 3.63) is 71.7 Å². The van der Waals surface area contributed by atoms with Gasteiger partial charge in [0.25, 0.3) is 5.91 Å². The van der Waals surface area contributed by atoms with Crippen molar-refractivity contribution < 1.29 is 22.4 Å². The predicted octanol–water partition coefficient (Wildman–Crippen LogP) is 4.60. The van der Waals surface area contributed by atoms with Gasteiger partial charge in [-0.1, -0.05) is 18.2 Å². The number of carbonyl (C=O) groups excluding carboxylic acids is 1. The fraction of sp³-hybridized carbons (Fsp3) is 0.190. The SMILES string of the molecule is C[C@H]1Cc2ccccc2N1C(=O)c1cc2nc(-c3ccco3)cc(C(F)(F)F)n2n1. The highest BCUT2D eigenvalue weighted by molar-refractivity contribution is 6.07. The molecule has 0 N–H and O–H groups in total. The lowest BCUT2D eigenvalue weighted by atomic mass is 10.1. The van der Waals surface area contributed by atoms with Crippen LogP contribution in [0, 0.1) is 0 Å². The van der Waals surface area contributed by atoms with Crippen LogP contribution in [-0.4, -0.2) is 26.5 Å². The molecule has 0 spiro atoms. The fourth-order valence-corrected chi connectivity index (χ4v) is 3.83. The van der Waals surface area contributed by atoms with Crippen LogP contribution in [0.15, 0.2) is 59.2 Å². The van der Waals surface area contributed by atoms with E-state index in [0.29, 0.717) is 10.9 Å². The molecule has 4 aromatic rings. The van der Waals surface area contributed by atoms with Gasteiger partial charge in [0.1, 0.15) is 5.69 Å². The van der Waals surface area contributed by atoms with E-state index >= 15 is 0 Å². The molecular formula is C21H15F3N4O2. The molecule has 3 aromatic heterocycles. The van der Waals surface area contributed by atoms with E-state index in [1.54, 1.807) is 11.0 Å². The number of carbonyl (C=O) groups is 1. The second-order valence-corrected chi connectivity index (χ2v) is 7.16. The molecule has 4 heterocycles. The van der Waals surface area contributed by atoms with Crippen molar-refractivity contribution >= 4 is 17.2 Å². The van der Waals surface area contributed by atoms with Gasteiger partial charge in [-0.3, -0.25) is 4.79 Å². The fourth-order valence-electron chi connectivity index (χ4n) is 3.83. The number of aromatic nitrogens is 3. The number of halogens is 3. The lowest BCUT2D eigenvalue weighted by molar-refractivity contribution is -0.142. The molecule has 0 bridgehead atoms. The molecule has 0 fully saturated rings. The average molecular weight is 412 g/mol. The minimum atomic E-state index is -4.69. The number of anilines is 1. The third-order valence-corrected chi connectivity index (χ3v) is 5.14. The highest BCUT2D eigenvalue weighted by Crippen LogP contribution is 2.35. The van der Waals surface area contributed by atoms with Gasteiger partial charge in [0.15, 0.2) is 22.8 Å². The maximum Gasteiger partial charge on any atom is 0.433 e. The number of hydrogen-bond donors (Lipinski definition) is 0.